The summed E-state index contributed by atoms with van der Waals surface area (Å²) >= 11 is 0. The fourth-order valence-electron chi connectivity index (χ4n) is 2.71. The Bertz CT molecular complexity index is 855. The number of hydrogen-bond donors (Lipinski definition) is 4. The molecule has 2 aromatic carbocycles. The number of amides is 2. The molecule has 0 spiro atoms. The van der Waals surface area contributed by atoms with Crippen molar-refractivity contribution in [2.75, 3.05) is 24.0 Å². The fraction of sp³-hybridized carbons (Fsp3) is 0.167. The SMILES string of the molecule is CN(C)c1ccc(C2=CC(O)c3cccc(N(N)C(=O)NN)c3O2)cc1.Cl. The van der Waals surface area contributed by atoms with Crippen LogP contribution in [0.25, 0.3) is 5.76 Å². The Labute approximate surface area is 163 Å². The lowest BCUT2D eigenvalue weighted by molar-refractivity contribution is 0.217. The van der Waals surface area contributed by atoms with E-state index in [1.807, 2.05) is 48.7 Å². The number of fused-ring (bicyclic) bond motifs is 1. The number of carbonyl (C=O) groups excluding carboxylic acids is 1. The van der Waals surface area contributed by atoms with Crippen molar-refractivity contribution in [1.29, 1.82) is 0 Å². The van der Waals surface area contributed by atoms with Crippen LogP contribution in [-0.2, 0) is 0 Å². The van der Waals surface area contributed by atoms with E-state index in [9.17, 15) is 9.90 Å². The molecule has 144 valence electrons. The minimum Gasteiger partial charge on any atom is -0.454 e. The van der Waals surface area contributed by atoms with E-state index in [1.54, 1.807) is 24.3 Å². The minimum atomic E-state index is -0.892. The van der Waals surface area contributed by atoms with Crippen molar-refractivity contribution in [3.8, 4) is 5.75 Å². The van der Waals surface area contributed by atoms with Crippen LogP contribution in [0.3, 0.4) is 0 Å². The van der Waals surface area contributed by atoms with Gasteiger partial charge in [-0.2, -0.15) is 0 Å². The molecule has 1 aliphatic heterocycles. The Kier molecular flexibility index (Phi) is 6.29. The van der Waals surface area contributed by atoms with E-state index in [1.165, 1.54) is 0 Å². The van der Waals surface area contributed by atoms with Crippen LogP contribution in [0.15, 0.2) is 48.5 Å². The normalized spacial score (nSPS) is 14.9. The number of hydrogen-bond acceptors (Lipinski definition) is 6. The van der Waals surface area contributed by atoms with Gasteiger partial charge in [0.05, 0.1) is 0 Å². The third-order valence-electron chi connectivity index (χ3n) is 4.13. The maximum absolute atomic E-state index is 11.8. The summed E-state index contributed by atoms with van der Waals surface area (Å²) < 4.78 is 5.98. The number of benzene rings is 2. The van der Waals surface area contributed by atoms with Gasteiger partial charge in [-0.3, -0.25) is 5.43 Å². The van der Waals surface area contributed by atoms with E-state index in [0.717, 1.165) is 16.3 Å². The summed E-state index contributed by atoms with van der Waals surface area (Å²) in [5, 5.41) is 11.3. The Morgan fingerprint density at radius 3 is 2.44 bits per heavy atom. The summed E-state index contributed by atoms with van der Waals surface area (Å²) in [6, 6.07) is 12.0. The molecule has 0 fully saturated rings. The zero-order valence-corrected chi connectivity index (χ0v) is 15.7. The summed E-state index contributed by atoms with van der Waals surface area (Å²) in [6.07, 6.45) is 0.720. The molecule has 0 bridgehead atoms. The molecule has 0 saturated heterocycles. The number of aliphatic hydroxyl groups is 1. The first-order valence-corrected chi connectivity index (χ1v) is 7.96. The Hall–Kier alpha value is -2.78. The van der Waals surface area contributed by atoms with Crippen molar-refractivity contribution in [3.63, 3.8) is 0 Å². The van der Waals surface area contributed by atoms with E-state index >= 15 is 0 Å². The number of hydrazine groups is 2. The Morgan fingerprint density at radius 1 is 1.19 bits per heavy atom. The van der Waals surface area contributed by atoms with Crippen molar-refractivity contribution in [2.45, 2.75) is 6.10 Å². The lowest BCUT2D eigenvalue weighted by Crippen LogP contribution is -2.47. The van der Waals surface area contributed by atoms with Crippen molar-refractivity contribution in [2.24, 2.45) is 11.7 Å². The molecule has 2 aromatic rings. The average Bonchev–Trinajstić information content (AvgIpc) is 2.66. The topological polar surface area (TPSA) is 117 Å². The third kappa shape index (κ3) is 3.99. The number of rotatable bonds is 3. The number of nitrogens with two attached hydrogens (primary N) is 2. The van der Waals surface area contributed by atoms with Crippen molar-refractivity contribution >= 4 is 35.6 Å². The quantitative estimate of drug-likeness (QED) is 0.360. The van der Waals surface area contributed by atoms with E-state index < -0.39 is 12.1 Å². The smallest absolute Gasteiger partial charge is 0.350 e. The molecule has 27 heavy (non-hydrogen) atoms. The molecule has 3 rings (SSSR count). The molecule has 8 nitrogen and oxygen atoms in total. The lowest BCUT2D eigenvalue weighted by Gasteiger charge is -2.27. The first-order chi connectivity index (χ1) is 12.4. The number of carbonyl (C=O) groups is 1. The van der Waals surface area contributed by atoms with Gasteiger partial charge < -0.3 is 14.7 Å². The van der Waals surface area contributed by atoms with Crippen LogP contribution in [0.4, 0.5) is 16.2 Å². The van der Waals surface area contributed by atoms with Gasteiger partial charge in [-0.05, 0) is 36.4 Å². The second kappa shape index (κ2) is 8.28. The maximum Gasteiger partial charge on any atom is 0.350 e. The Morgan fingerprint density at radius 2 is 1.85 bits per heavy atom. The van der Waals surface area contributed by atoms with E-state index in [2.05, 4.69) is 0 Å². The number of urea groups is 1. The molecule has 1 aliphatic rings. The summed E-state index contributed by atoms with van der Waals surface area (Å²) in [6.45, 7) is 0. The molecule has 0 aromatic heterocycles. The standard InChI is InChI=1S/C18H21N5O3.ClH/c1-22(2)12-8-6-11(7-9-12)16-10-15(24)13-4-3-5-14(17(13)26-16)23(20)18(25)21-19;/h3-10,15,24H,19-20H2,1-2H3,(H,21,25);1H. The number of nitrogens with zero attached hydrogens (tertiary/aromatic N) is 2. The highest BCUT2D eigenvalue weighted by Crippen LogP contribution is 2.42. The number of para-hydroxylation sites is 1. The molecular formula is C18H22ClN5O3. The molecule has 6 N–H and O–H groups in total. The second-order valence-electron chi connectivity index (χ2n) is 6.03. The fourth-order valence-corrected chi connectivity index (χ4v) is 2.71. The molecule has 1 heterocycles. The summed E-state index contributed by atoms with van der Waals surface area (Å²) in [5.74, 6) is 11.7. The predicted molar refractivity (Wildman–Crippen MR) is 107 cm³/mol. The molecule has 0 saturated carbocycles. The van der Waals surface area contributed by atoms with E-state index in [4.69, 9.17) is 16.4 Å². The summed E-state index contributed by atoms with van der Waals surface area (Å²) in [4.78, 5) is 13.7. The molecule has 9 heteroatoms. The van der Waals surface area contributed by atoms with E-state index in [-0.39, 0.29) is 12.4 Å². The molecular weight excluding hydrogens is 370 g/mol. The number of halogens is 1. The number of nitrogens with one attached hydrogen (secondary N) is 1. The summed E-state index contributed by atoms with van der Waals surface area (Å²) in [7, 11) is 3.91. The molecule has 1 unspecified atom stereocenters. The van der Waals surface area contributed by atoms with Gasteiger partial charge in [-0.25, -0.2) is 21.5 Å². The zero-order chi connectivity index (χ0) is 18.8. The van der Waals surface area contributed by atoms with Gasteiger partial charge in [0.15, 0.2) is 5.75 Å². The highest BCUT2D eigenvalue weighted by atomic mass is 35.5. The molecule has 1 atom stereocenters. The predicted octanol–water partition coefficient (Wildman–Crippen LogP) is 1.90. The van der Waals surface area contributed by atoms with Gasteiger partial charge in [0.25, 0.3) is 0 Å². The van der Waals surface area contributed by atoms with Gasteiger partial charge in [0, 0.05) is 30.9 Å². The van der Waals surface area contributed by atoms with Crippen molar-refractivity contribution in [1.82, 2.24) is 5.43 Å². The van der Waals surface area contributed by atoms with Crippen LogP contribution >= 0.6 is 12.4 Å². The maximum atomic E-state index is 11.8. The van der Waals surface area contributed by atoms with Gasteiger partial charge in [-0.1, -0.05) is 12.1 Å². The van der Waals surface area contributed by atoms with Crippen LogP contribution in [0.1, 0.15) is 17.2 Å². The number of anilines is 2. The van der Waals surface area contributed by atoms with Crippen molar-refractivity contribution < 1.29 is 14.6 Å². The first-order valence-electron chi connectivity index (χ1n) is 7.96. The molecule has 0 radical (unpaired) electrons. The van der Waals surface area contributed by atoms with Crippen LogP contribution in [0, 0.1) is 0 Å². The lowest BCUT2D eigenvalue weighted by atomic mass is 10.0. The first kappa shape index (κ1) is 20.5. The van der Waals surface area contributed by atoms with Crippen LogP contribution in [0.2, 0.25) is 0 Å². The van der Waals surface area contributed by atoms with Gasteiger partial charge >= 0.3 is 6.03 Å². The minimum absolute atomic E-state index is 0. The highest BCUT2D eigenvalue weighted by Gasteiger charge is 2.26. The highest BCUT2D eigenvalue weighted by molar-refractivity contribution is 5.93. The monoisotopic (exact) mass is 391 g/mol. The van der Waals surface area contributed by atoms with Crippen molar-refractivity contribution in [3.05, 3.63) is 59.7 Å². The Balaban J connectivity index is 0.00000261. The molecule has 0 aliphatic carbocycles. The van der Waals surface area contributed by atoms with Crippen LogP contribution in [-0.4, -0.2) is 25.2 Å². The van der Waals surface area contributed by atoms with Gasteiger partial charge in [0.1, 0.15) is 17.6 Å². The largest absolute Gasteiger partial charge is 0.454 e. The van der Waals surface area contributed by atoms with Crippen LogP contribution < -0.4 is 31.8 Å². The molecule has 2 amide bonds. The van der Waals surface area contributed by atoms with E-state index in [0.29, 0.717) is 22.8 Å². The van der Waals surface area contributed by atoms with Gasteiger partial charge in [-0.15, -0.1) is 12.4 Å². The zero-order valence-electron chi connectivity index (χ0n) is 14.9. The number of ether oxygens (including phenoxy) is 1. The average molecular weight is 392 g/mol. The third-order valence-corrected chi connectivity index (χ3v) is 4.13. The van der Waals surface area contributed by atoms with Gasteiger partial charge in [0.2, 0.25) is 0 Å². The number of aliphatic hydroxyl groups excluding tert-OH is 1. The second-order valence-corrected chi connectivity index (χ2v) is 6.03. The van der Waals surface area contributed by atoms with Crippen LogP contribution in [0.5, 0.6) is 5.75 Å². The summed E-state index contributed by atoms with van der Waals surface area (Å²) in [5.41, 5.74) is 4.60.